The number of hydrogen-bond acceptors (Lipinski definition) is 3. The monoisotopic (exact) mass is 371 g/mol. The largest absolute Gasteiger partial charge is 0.487 e. The third kappa shape index (κ3) is 4.10. The second kappa shape index (κ2) is 7.84. The van der Waals surface area contributed by atoms with Crippen LogP contribution in [-0.2, 0) is 6.61 Å². The average molecular weight is 372 g/mol. The summed E-state index contributed by atoms with van der Waals surface area (Å²) in [6.45, 7) is 0.253. The molecule has 0 fully saturated rings. The van der Waals surface area contributed by atoms with E-state index in [1.54, 1.807) is 30.3 Å². The first-order chi connectivity index (χ1) is 12.5. The van der Waals surface area contributed by atoms with Crippen LogP contribution in [0.25, 0.3) is 11.3 Å². The highest BCUT2D eigenvalue weighted by molar-refractivity contribution is 6.30. The van der Waals surface area contributed by atoms with Crippen LogP contribution in [0.5, 0.6) is 5.75 Å². The number of ether oxygens (including phenoxy) is 1. The number of primary amides is 1. The number of nitrogens with one attached hydrogen (secondary N) is 1. The molecule has 7 heteroatoms. The summed E-state index contributed by atoms with van der Waals surface area (Å²) in [4.78, 5) is 15.4. The molecule has 0 atom stereocenters. The summed E-state index contributed by atoms with van der Waals surface area (Å²) in [5.41, 5.74) is 6.66. The highest BCUT2D eigenvalue weighted by Crippen LogP contribution is 2.35. The zero-order chi connectivity index (χ0) is 18.5. The van der Waals surface area contributed by atoms with Crippen LogP contribution < -0.4 is 15.8 Å². The van der Waals surface area contributed by atoms with Gasteiger partial charge in [-0.05, 0) is 42.0 Å². The van der Waals surface area contributed by atoms with E-state index in [2.05, 4.69) is 10.3 Å². The normalized spacial score (nSPS) is 10.4. The number of benzene rings is 2. The van der Waals surface area contributed by atoms with Gasteiger partial charge in [-0.25, -0.2) is 9.18 Å². The molecule has 0 saturated heterocycles. The SMILES string of the molecule is NC(=O)Nc1cccc(F)c1-c1ncccc1OCc1ccc(Cl)cc1. The lowest BCUT2D eigenvalue weighted by molar-refractivity contribution is 0.259. The molecule has 3 N–H and O–H groups in total. The number of nitrogens with zero attached hydrogens (tertiary/aromatic N) is 1. The van der Waals surface area contributed by atoms with E-state index in [1.807, 2.05) is 12.1 Å². The molecule has 0 saturated carbocycles. The maximum absolute atomic E-state index is 14.5. The zero-order valence-corrected chi connectivity index (χ0v) is 14.3. The van der Waals surface area contributed by atoms with E-state index >= 15 is 0 Å². The molecule has 0 aliphatic rings. The molecule has 0 radical (unpaired) electrons. The Morgan fingerprint density at radius 3 is 2.65 bits per heavy atom. The topological polar surface area (TPSA) is 77.2 Å². The maximum Gasteiger partial charge on any atom is 0.316 e. The summed E-state index contributed by atoms with van der Waals surface area (Å²) in [5.74, 6) is -0.175. The average Bonchev–Trinajstić information content (AvgIpc) is 2.61. The molecule has 3 rings (SSSR count). The van der Waals surface area contributed by atoms with Crippen molar-refractivity contribution >= 4 is 23.3 Å². The van der Waals surface area contributed by atoms with Crippen LogP contribution in [-0.4, -0.2) is 11.0 Å². The van der Waals surface area contributed by atoms with Crippen molar-refractivity contribution in [3.63, 3.8) is 0 Å². The molecule has 0 aliphatic carbocycles. The summed E-state index contributed by atoms with van der Waals surface area (Å²) in [6, 6.07) is 14.1. The van der Waals surface area contributed by atoms with Crippen molar-refractivity contribution < 1.29 is 13.9 Å². The second-order valence-electron chi connectivity index (χ2n) is 5.42. The summed E-state index contributed by atoms with van der Waals surface area (Å²) in [7, 11) is 0. The van der Waals surface area contributed by atoms with Gasteiger partial charge in [-0.2, -0.15) is 0 Å². The molecule has 2 amide bonds. The molecule has 3 aromatic rings. The lowest BCUT2D eigenvalue weighted by atomic mass is 10.1. The van der Waals surface area contributed by atoms with Crippen molar-refractivity contribution in [2.45, 2.75) is 6.61 Å². The molecule has 0 bridgehead atoms. The van der Waals surface area contributed by atoms with Crippen molar-refractivity contribution in [1.29, 1.82) is 0 Å². The van der Waals surface area contributed by atoms with Gasteiger partial charge in [-0.1, -0.05) is 29.8 Å². The number of pyridine rings is 1. The molecule has 132 valence electrons. The van der Waals surface area contributed by atoms with Crippen molar-refractivity contribution in [2.75, 3.05) is 5.32 Å². The molecular weight excluding hydrogens is 357 g/mol. The Balaban J connectivity index is 1.95. The van der Waals surface area contributed by atoms with E-state index in [0.717, 1.165) is 5.56 Å². The van der Waals surface area contributed by atoms with E-state index in [0.29, 0.717) is 10.8 Å². The molecule has 0 unspecified atom stereocenters. The Morgan fingerprint density at radius 2 is 1.92 bits per heavy atom. The van der Waals surface area contributed by atoms with Crippen LogP contribution >= 0.6 is 11.6 Å². The van der Waals surface area contributed by atoms with Crippen LogP contribution in [0.2, 0.25) is 5.02 Å². The van der Waals surface area contributed by atoms with Crippen molar-refractivity contribution in [3.05, 3.63) is 77.2 Å². The third-order valence-electron chi connectivity index (χ3n) is 3.59. The number of halogens is 2. The summed E-state index contributed by atoms with van der Waals surface area (Å²) in [6.07, 6.45) is 1.52. The highest BCUT2D eigenvalue weighted by Gasteiger charge is 2.17. The third-order valence-corrected chi connectivity index (χ3v) is 3.84. The number of aromatic nitrogens is 1. The lowest BCUT2D eigenvalue weighted by Gasteiger charge is -2.14. The van der Waals surface area contributed by atoms with Gasteiger partial charge in [0, 0.05) is 11.2 Å². The highest BCUT2D eigenvalue weighted by atomic mass is 35.5. The van der Waals surface area contributed by atoms with Crippen LogP contribution in [0.4, 0.5) is 14.9 Å². The Kier molecular flexibility index (Phi) is 5.34. The first-order valence-electron chi connectivity index (χ1n) is 7.72. The molecular formula is C19H15ClFN3O2. The molecule has 0 aliphatic heterocycles. The molecule has 0 spiro atoms. The molecule has 2 aromatic carbocycles. The summed E-state index contributed by atoms with van der Waals surface area (Å²) >= 11 is 5.87. The number of carbonyl (C=O) groups is 1. The first-order valence-corrected chi connectivity index (χ1v) is 8.10. The lowest BCUT2D eigenvalue weighted by Crippen LogP contribution is -2.20. The van der Waals surface area contributed by atoms with Gasteiger partial charge in [-0.15, -0.1) is 0 Å². The smallest absolute Gasteiger partial charge is 0.316 e. The predicted molar refractivity (Wildman–Crippen MR) is 98.6 cm³/mol. The molecule has 5 nitrogen and oxygen atoms in total. The van der Waals surface area contributed by atoms with Gasteiger partial charge in [0.05, 0.1) is 11.3 Å². The van der Waals surface area contributed by atoms with E-state index in [1.165, 1.54) is 18.3 Å². The Hall–Kier alpha value is -3.12. The van der Waals surface area contributed by atoms with Crippen LogP contribution in [0, 0.1) is 5.82 Å². The van der Waals surface area contributed by atoms with Crippen molar-refractivity contribution in [1.82, 2.24) is 4.98 Å². The first kappa shape index (κ1) is 17.7. The number of carbonyl (C=O) groups excluding carboxylic acids is 1. The summed E-state index contributed by atoms with van der Waals surface area (Å²) in [5, 5.41) is 3.04. The molecule has 1 heterocycles. The predicted octanol–water partition coefficient (Wildman–Crippen LogP) is 4.61. The number of anilines is 1. The number of rotatable bonds is 5. The number of hydrogen-bond donors (Lipinski definition) is 2. The van der Waals surface area contributed by atoms with Gasteiger partial charge >= 0.3 is 6.03 Å². The van der Waals surface area contributed by atoms with E-state index < -0.39 is 11.8 Å². The maximum atomic E-state index is 14.5. The number of nitrogens with two attached hydrogens (primary N) is 1. The minimum atomic E-state index is -0.795. The van der Waals surface area contributed by atoms with Crippen LogP contribution in [0.1, 0.15) is 5.56 Å². The van der Waals surface area contributed by atoms with Crippen molar-refractivity contribution in [2.24, 2.45) is 5.73 Å². The minimum absolute atomic E-state index is 0.109. The van der Waals surface area contributed by atoms with Gasteiger partial charge in [-0.3, -0.25) is 4.98 Å². The van der Waals surface area contributed by atoms with E-state index in [9.17, 15) is 9.18 Å². The Bertz CT molecular complexity index is 932. The van der Waals surface area contributed by atoms with E-state index in [4.69, 9.17) is 22.1 Å². The van der Waals surface area contributed by atoms with E-state index in [-0.39, 0.29) is 23.6 Å². The van der Waals surface area contributed by atoms with Crippen LogP contribution in [0.3, 0.4) is 0 Å². The minimum Gasteiger partial charge on any atom is -0.487 e. The van der Waals surface area contributed by atoms with Gasteiger partial charge in [0.15, 0.2) is 0 Å². The quantitative estimate of drug-likeness (QED) is 0.687. The van der Waals surface area contributed by atoms with Gasteiger partial charge in [0.2, 0.25) is 0 Å². The van der Waals surface area contributed by atoms with Gasteiger partial charge < -0.3 is 15.8 Å². The summed E-state index contributed by atoms with van der Waals surface area (Å²) < 4.78 is 20.3. The van der Waals surface area contributed by atoms with Gasteiger partial charge in [0.25, 0.3) is 0 Å². The Labute approximate surface area is 154 Å². The number of amides is 2. The second-order valence-corrected chi connectivity index (χ2v) is 5.85. The standard InChI is InChI=1S/C19H15ClFN3O2/c20-13-8-6-12(7-9-13)11-26-16-5-2-10-23-18(16)17-14(21)3-1-4-15(17)24-19(22)25/h1-10H,11H2,(H3,22,24,25). The Morgan fingerprint density at radius 1 is 1.15 bits per heavy atom. The molecule has 26 heavy (non-hydrogen) atoms. The zero-order valence-electron chi connectivity index (χ0n) is 13.6. The fourth-order valence-electron chi connectivity index (χ4n) is 2.44. The number of urea groups is 1. The van der Waals surface area contributed by atoms with Gasteiger partial charge in [0.1, 0.15) is 23.9 Å². The fourth-order valence-corrected chi connectivity index (χ4v) is 2.56. The van der Waals surface area contributed by atoms with Crippen LogP contribution in [0.15, 0.2) is 60.8 Å². The molecule has 1 aromatic heterocycles. The fraction of sp³-hybridized carbons (Fsp3) is 0.0526. The van der Waals surface area contributed by atoms with Crippen molar-refractivity contribution in [3.8, 4) is 17.0 Å².